The van der Waals surface area contributed by atoms with Crippen molar-refractivity contribution >= 4 is 23.2 Å². The molecule has 3 aliphatic heterocycles. The molecule has 0 saturated carbocycles. The summed E-state index contributed by atoms with van der Waals surface area (Å²) in [4.78, 5) is 15.7. The first kappa shape index (κ1) is 28.1. The van der Waals surface area contributed by atoms with Crippen LogP contribution in [0.15, 0.2) is 60.7 Å². The van der Waals surface area contributed by atoms with Crippen LogP contribution in [0.2, 0.25) is 5.02 Å². The van der Waals surface area contributed by atoms with Crippen LogP contribution in [-0.4, -0.2) is 36.4 Å². The van der Waals surface area contributed by atoms with Gasteiger partial charge in [0.25, 0.3) is 0 Å². The molecule has 6 rings (SSSR count). The summed E-state index contributed by atoms with van der Waals surface area (Å²) in [7, 11) is 1.62. The van der Waals surface area contributed by atoms with Gasteiger partial charge >= 0.3 is 0 Å². The highest BCUT2D eigenvalue weighted by molar-refractivity contribution is 6.30. The van der Waals surface area contributed by atoms with Crippen LogP contribution >= 0.6 is 11.6 Å². The van der Waals surface area contributed by atoms with E-state index in [2.05, 4.69) is 0 Å². The Bertz CT molecular complexity index is 1410. The minimum atomic E-state index is -0.975. The average Bonchev–Trinajstić information content (AvgIpc) is 3.29. The van der Waals surface area contributed by atoms with E-state index in [4.69, 9.17) is 25.8 Å². The lowest BCUT2D eigenvalue weighted by molar-refractivity contribution is -0.118. The minimum absolute atomic E-state index is 0.0162. The molecule has 1 N–H and O–H groups in total. The predicted octanol–water partition coefficient (Wildman–Crippen LogP) is 6.98. The van der Waals surface area contributed by atoms with Gasteiger partial charge in [0.1, 0.15) is 0 Å². The number of methoxy groups -OCH3 is 1. The number of anilines is 1. The number of aliphatic hydroxyl groups is 1. The van der Waals surface area contributed by atoms with Crippen molar-refractivity contribution in [1.82, 2.24) is 0 Å². The summed E-state index contributed by atoms with van der Waals surface area (Å²) >= 11 is 6.25. The first-order valence-corrected chi connectivity index (χ1v) is 14.9. The van der Waals surface area contributed by atoms with Gasteiger partial charge in [-0.05, 0) is 111 Å². The number of fused-ring (bicyclic) bond motifs is 3. The Morgan fingerprint density at radius 3 is 2.27 bits per heavy atom. The molecule has 41 heavy (non-hydrogen) atoms. The highest BCUT2D eigenvalue weighted by Gasteiger charge is 2.44. The van der Waals surface area contributed by atoms with Gasteiger partial charge in [-0.25, -0.2) is 0 Å². The molecule has 7 heteroatoms. The fraction of sp³-hybridized carbons (Fsp3) is 0.441. The number of carbonyl (C=O) groups excluding carboxylic acids is 1. The maximum atomic E-state index is 13.8. The summed E-state index contributed by atoms with van der Waals surface area (Å²) in [5.74, 6) is 1.38. The van der Waals surface area contributed by atoms with Crippen molar-refractivity contribution < 1.29 is 24.1 Å². The third-order valence-corrected chi connectivity index (χ3v) is 9.20. The molecule has 6 nitrogen and oxygen atoms in total. The van der Waals surface area contributed by atoms with Crippen LogP contribution in [0.4, 0.5) is 5.69 Å². The van der Waals surface area contributed by atoms with Gasteiger partial charge in [0.15, 0.2) is 11.5 Å². The van der Waals surface area contributed by atoms with Gasteiger partial charge in [-0.1, -0.05) is 35.9 Å². The molecule has 3 heterocycles. The van der Waals surface area contributed by atoms with Crippen molar-refractivity contribution in [3.63, 3.8) is 0 Å². The van der Waals surface area contributed by atoms with Gasteiger partial charge < -0.3 is 24.2 Å². The zero-order valence-corrected chi connectivity index (χ0v) is 24.9. The molecule has 1 amide bonds. The number of halogens is 1. The van der Waals surface area contributed by atoms with Gasteiger partial charge in [-0.15, -0.1) is 0 Å². The summed E-state index contributed by atoms with van der Waals surface area (Å²) in [5, 5.41) is 12.3. The van der Waals surface area contributed by atoms with Crippen LogP contribution in [0.5, 0.6) is 11.5 Å². The number of hydrogen-bond donors (Lipinski definition) is 1. The highest BCUT2D eigenvalue weighted by Crippen LogP contribution is 2.46. The molecular weight excluding hydrogens is 538 g/mol. The quantitative estimate of drug-likeness (QED) is 0.329. The molecule has 0 spiro atoms. The van der Waals surface area contributed by atoms with E-state index < -0.39 is 5.60 Å². The Morgan fingerprint density at radius 2 is 1.66 bits per heavy atom. The van der Waals surface area contributed by atoms with E-state index in [1.807, 2.05) is 86.3 Å². The van der Waals surface area contributed by atoms with Crippen LogP contribution in [0.25, 0.3) is 0 Å². The SMILES string of the molecule is COc1cc2c(cc1OC(C)C)[C@H](c1ccc(Cl)cc1)N(c1ccc([C@](C)(O)C3CC4CCC(C3)O4)cc1)C(=O)C2. The number of amides is 1. The van der Waals surface area contributed by atoms with Crippen molar-refractivity contribution in [2.45, 2.75) is 82.8 Å². The molecule has 216 valence electrons. The lowest BCUT2D eigenvalue weighted by Gasteiger charge is -2.40. The van der Waals surface area contributed by atoms with E-state index in [0.717, 1.165) is 53.6 Å². The molecule has 0 radical (unpaired) electrons. The third kappa shape index (κ3) is 5.33. The second kappa shape index (κ2) is 11.0. The second-order valence-corrected chi connectivity index (χ2v) is 12.5. The van der Waals surface area contributed by atoms with Gasteiger partial charge in [0.2, 0.25) is 5.91 Å². The zero-order valence-electron chi connectivity index (χ0n) is 24.1. The number of carbonyl (C=O) groups is 1. The Morgan fingerprint density at radius 1 is 1.00 bits per heavy atom. The fourth-order valence-electron chi connectivity index (χ4n) is 6.84. The molecular formula is C34H38ClNO5. The first-order valence-electron chi connectivity index (χ1n) is 14.6. The van der Waals surface area contributed by atoms with Crippen molar-refractivity contribution in [1.29, 1.82) is 0 Å². The molecule has 4 atom stereocenters. The summed E-state index contributed by atoms with van der Waals surface area (Å²) in [5.41, 5.74) is 3.49. The molecule has 2 fully saturated rings. The van der Waals surface area contributed by atoms with Crippen LogP contribution < -0.4 is 14.4 Å². The van der Waals surface area contributed by atoms with Crippen molar-refractivity contribution in [3.8, 4) is 11.5 Å². The van der Waals surface area contributed by atoms with Crippen molar-refractivity contribution in [2.24, 2.45) is 5.92 Å². The van der Waals surface area contributed by atoms with Crippen LogP contribution in [0.3, 0.4) is 0 Å². The standard InChI is InChI=1S/C34H38ClNO5/c1-20(2)40-31-19-29-22(15-30(31)39-4)16-32(37)36(33(29)21-5-9-25(35)10-6-21)26-11-7-23(8-12-26)34(3,38)24-17-27-13-14-28(18-24)41-27/h5-12,15,19-20,24,27-28,33,38H,13-14,16-18H2,1-4H3/t24?,27?,28?,33-,34-/m0/s1. The van der Waals surface area contributed by atoms with Crippen molar-refractivity contribution in [3.05, 3.63) is 87.9 Å². The minimum Gasteiger partial charge on any atom is -0.493 e. The first-order chi connectivity index (χ1) is 19.6. The number of benzene rings is 3. The molecule has 2 saturated heterocycles. The van der Waals surface area contributed by atoms with Gasteiger partial charge in [-0.2, -0.15) is 0 Å². The lowest BCUT2D eigenvalue weighted by atomic mass is 9.76. The Hall–Kier alpha value is -3.06. The van der Waals surface area contributed by atoms with E-state index >= 15 is 0 Å². The maximum Gasteiger partial charge on any atom is 0.232 e. The molecule has 2 bridgehead atoms. The predicted molar refractivity (Wildman–Crippen MR) is 160 cm³/mol. The monoisotopic (exact) mass is 575 g/mol. The molecule has 3 aromatic rings. The number of rotatable bonds is 7. The Kier molecular flexibility index (Phi) is 7.52. The normalized spacial score (nSPS) is 25.1. The largest absolute Gasteiger partial charge is 0.493 e. The summed E-state index contributed by atoms with van der Waals surface area (Å²) in [6.45, 7) is 5.87. The van der Waals surface area contributed by atoms with Gasteiger partial charge in [0.05, 0.1) is 43.5 Å². The fourth-order valence-corrected chi connectivity index (χ4v) is 6.97. The maximum absolute atomic E-state index is 13.8. The molecule has 2 unspecified atom stereocenters. The van der Waals surface area contributed by atoms with E-state index in [9.17, 15) is 9.90 Å². The van der Waals surface area contributed by atoms with Crippen molar-refractivity contribution in [2.75, 3.05) is 12.0 Å². The van der Waals surface area contributed by atoms with Gasteiger partial charge in [-0.3, -0.25) is 4.79 Å². The Labute approximate surface area is 247 Å². The van der Waals surface area contributed by atoms with Crippen LogP contribution in [0, 0.1) is 5.92 Å². The summed E-state index contributed by atoms with van der Waals surface area (Å²) in [6.07, 6.45) is 4.60. The topological polar surface area (TPSA) is 68.2 Å². The third-order valence-electron chi connectivity index (χ3n) is 8.95. The van der Waals surface area contributed by atoms with E-state index in [1.165, 1.54) is 0 Å². The number of nitrogens with zero attached hydrogens (tertiary/aromatic N) is 1. The van der Waals surface area contributed by atoms with E-state index in [0.29, 0.717) is 16.5 Å². The molecule has 0 aromatic heterocycles. The van der Waals surface area contributed by atoms with Gasteiger partial charge in [0, 0.05) is 10.7 Å². The summed E-state index contributed by atoms with van der Waals surface area (Å²) in [6, 6.07) is 19.0. The highest BCUT2D eigenvalue weighted by atomic mass is 35.5. The Balaban J connectivity index is 1.39. The smallest absolute Gasteiger partial charge is 0.232 e. The summed E-state index contributed by atoms with van der Waals surface area (Å²) < 4.78 is 17.8. The second-order valence-electron chi connectivity index (χ2n) is 12.1. The van der Waals surface area contributed by atoms with E-state index in [1.54, 1.807) is 7.11 Å². The lowest BCUT2D eigenvalue weighted by Crippen LogP contribution is -2.41. The molecule has 3 aliphatic rings. The number of hydrogen-bond acceptors (Lipinski definition) is 5. The molecule has 0 aliphatic carbocycles. The number of ether oxygens (including phenoxy) is 3. The van der Waals surface area contributed by atoms with Crippen LogP contribution in [0.1, 0.15) is 74.8 Å². The van der Waals surface area contributed by atoms with E-state index in [-0.39, 0.29) is 42.6 Å². The average molecular weight is 576 g/mol. The van der Waals surface area contributed by atoms with Crippen LogP contribution in [-0.2, 0) is 21.6 Å². The zero-order chi connectivity index (χ0) is 28.9. The molecule has 3 aromatic carbocycles.